The Bertz CT molecular complexity index is 1150. The van der Waals surface area contributed by atoms with Gasteiger partial charge in [0.05, 0.1) is 12.7 Å². The number of nitrogens with one attached hydrogen (secondary N) is 1. The van der Waals surface area contributed by atoms with Gasteiger partial charge in [0.15, 0.2) is 6.10 Å². The van der Waals surface area contributed by atoms with E-state index in [1.807, 2.05) is 24.3 Å². The van der Waals surface area contributed by atoms with Crippen molar-refractivity contribution >= 4 is 29.1 Å². The summed E-state index contributed by atoms with van der Waals surface area (Å²) < 4.78 is 11.2. The van der Waals surface area contributed by atoms with Gasteiger partial charge in [0.1, 0.15) is 11.5 Å². The third-order valence-electron chi connectivity index (χ3n) is 5.28. The molecular weight excluding hydrogens is 428 g/mol. The number of amides is 2. The molecule has 0 aliphatic carbocycles. The second-order valence-electron chi connectivity index (χ2n) is 7.56. The molecule has 1 aliphatic rings. The molecule has 0 aromatic heterocycles. The van der Waals surface area contributed by atoms with Crippen LogP contribution in [-0.4, -0.2) is 29.9 Å². The average molecular weight is 451 g/mol. The molecule has 0 radical (unpaired) electrons. The van der Waals surface area contributed by atoms with Crippen LogP contribution in [-0.2, 0) is 17.9 Å². The van der Waals surface area contributed by atoms with Crippen molar-refractivity contribution in [3.63, 3.8) is 0 Å². The summed E-state index contributed by atoms with van der Waals surface area (Å²) in [5, 5.41) is 3.55. The highest BCUT2D eigenvalue weighted by Gasteiger charge is 2.28. The minimum atomic E-state index is -0.613. The fourth-order valence-electron chi connectivity index (χ4n) is 3.65. The van der Waals surface area contributed by atoms with Gasteiger partial charge in [-0.3, -0.25) is 9.59 Å². The summed E-state index contributed by atoms with van der Waals surface area (Å²) in [6, 6.07) is 19.8. The number of anilines is 1. The number of nitrogens with zero attached hydrogens (tertiary/aromatic N) is 1. The molecule has 164 valence electrons. The molecule has 4 rings (SSSR count). The highest BCUT2D eigenvalue weighted by atomic mass is 35.5. The van der Waals surface area contributed by atoms with E-state index in [2.05, 4.69) is 5.32 Å². The summed E-state index contributed by atoms with van der Waals surface area (Å²) in [6.45, 7) is 2.53. The first kappa shape index (κ1) is 21.7. The van der Waals surface area contributed by atoms with Crippen molar-refractivity contribution < 1.29 is 19.1 Å². The summed E-state index contributed by atoms with van der Waals surface area (Å²) in [7, 11) is 1.53. The molecule has 1 aliphatic heterocycles. The van der Waals surface area contributed by atoms with Gasteiger partial charge < -0.3 is 19.7 Å². The Kier molecular flexibility index (Phi) is 6.32. The Labute approximate surface area is 191 Å². The molecule has 3 aromatic rings. The molecule has 1 heterocycles. The summed E-state index contributed by atoms with van der Waals surface area (Å²) >= 11 is 5.98. The Morgan fingerprint density at radius 3 is 2.66 bits per heavy atom. The zero-order chi connectivity index (χ0) is 22.7. The van der Waals surface area contributed by atoms with Gasteiger partial charge in [-0.05, 0) is 55.0 Å². The highest BCUT2D eigenvalue weighted by molar-refractivity contribution is 6.30. The zero-order valence-electron chi connectivity index (χ0n) is 17.8. The van der Waals surface area contributed by atoms with E-state index < -0.39 is 6.10 Å². The van der Waals surface area contributed by atoms with Crippen molar-refractivity contribution in [1.29, 1.82) is 0 Å². The lowest BCUT2D eigenvalue weighted by Crippen LogP contribution is -2.37. The molecule has 2 amide bonds. The summed E-state index contributed by atoms with van der Waals surface area (Å²) in [5.74, 6) is 0.742. The van der Waals surface area contributed by atoms with Crippen molar-refractivity contribution in [2.75, 3.05) is 12.4 Å². The van der Waals surface area contributed by atoms with Gasteiger partial charge in [-0.15, -0.1) is 0 Å². The van der Waals surface area contributed by atoms with Crippen molar-refractivity contribution in [1.82, 2.24) is 4.90 Å². The van der Waals surface area contributed by atoms with Crippen LogP contribution in [0.2, 0.25) is 5.02 Å². The lowest BCUT2D eigenvalue weighted by Gasteiger charge is -2.22. The maximum atomic E-state index is 12.9. The zero-order valence-corrected chi connectivity index (χ0v) is 18.6. The largest absolute Gasteiger partial charge is 0.496 e. The number of hydrogen-bond acceptors (Lipinski definition) is 4. The van der Waals surface area contributed by atoms with Crippen molar-refractivity contribution in [2.24, 2.45) is 0 Å². The number of hydrogen-bond donors (Lipinski definition) is 1. The van der Waals surface area contributed by atoms with Crippen LogP contribution in [0.3, 0.4) is 0 Å². The number of fused-ring (bicyclic) bond motifs is 1. The van der Waals surface area contributed by atoms with Crippen molar-refractivity contribution in [2.45, 2.75) is 26.1 Å². The normalized spacial score (nSPS) is 15.4. The predicted molar refractivity (Wildman–Crippen MR) is 123 cm³/mol. The standard InChI is InChI=1S/C25H23ClN2O4/c1-16-25(30)28(14-17-7-9-19(26)10-8-17)15-18-13-20(11-12-22(18)32-16)27-24(29)21-5-3-4-6-23(21)31-2/h3-13,16H,14-15H2,1-2H3,(H,27,29). The van der Waals surface area contributed by atoms with Crippen LogP contribution in [0.1, 0.15) is 28.4 Å². The summed E-state index contributed by atoms with van der Waals surface area (Å²) in [6.07, 6.45) is -0.613. The molecule has 0 saturated carbocycles. The van der Waals surface area contributed by atoms with Gasteiger partial charge in [0, 0.05) is 29.4 Å². The molecule has 0 fully saturated rings. The Balaban J connectivity index is 1.57. The molecular formula is C25H23ClN2O4. The van der Waals surface area contributed by atoms with E-state index in [0.717, 1.165) is 11.1 Å². The van der Waals surface area contributed by atoms with Crippen molar-refractivity contribution in [3.8, 4) is 11.5 Å². The van der Waals surface area contributed by atoms with Gasteiger partial charge in [-0.2, -0.15) is 0 Å². The van der Waals surface area contributed by atoms with Gasteiger partial charge in [0.25, 0.3) is 11.8 Å². The third-order valence-corrected chi connectivity index (χ3v) is 5.53. The van der Waals surface area contributed by atoms with Gasteiger partial charge in [0.2, 0.25) is 0 Å². The number of carbonyl (C=O) groups excluding carboxylic acids is 2. The molecule has 32 heavy (non-hydrogen) atoms. The van der Waals surface area contributed by atoms with E-state index in [4.69, 9.17) is 21.1 Å². The van der Waals surface area contributed by atoms with Crippen LogP contribution in [0.4, 0.5) is 5.69 Å². The van der Waals surface area contributed by atoms with Crippen molar-refractivity contribution in [3.05, 3.63) is 88.4 Å². The third kappa shape index (κ3) is 4.70. The SMILES string of the molecule is COc1ccccc1C(=O)Nc1ccc2c(c1)CN(Cc1ccc(Cl)cc1)C(=O)C(C)O2. The summed E-state index contributed by atoms with van der Waals surface area (Å²) in [5.41, 5.74) is 2.83. The topological polar surface area (TPSA) is 67.9 Å². The number of halogens is 1. The average Bonchev–Trinajstić information content (AvgIpc) is 2.91. The molecule has 6 nitrogen and oxygen atoms in total. The Morgan fingerprint density at radius 2 is 1.91 bits per heavy atom. The first-order valence-electron chi connectivity index (χ1n) is 10.2. The van der Waals surface area contributed by atoms with E-state index in [-0.39, 0.29) is 11.8 Å². The van der Waals surface area contributed by atoms with E-state index in [1.165, 1.54) is 7.11 Å². The van der Waals surface area contributed by atoms with E-state index in [9.17, 15) is 9.59 Å². The molecule has 0 bridgehead atoms. The van der Waals surface area contributed by atoms with Gasteiger partial charge in [-0.1, -0.05) is 35.9 Å². The lowest BCUT2D eigenvalue weighted by atomic mass is 10.1. The van der Waals surface area contributed by atoms with E-state index >= 15 is 0 Å². The number of rotatable bonds is 5. The van der Waals surface area contributed by atoms with Crippen LogP contribution in [0, 0.1) is 0 Å². The van der Waals surface area contributed by atoms with Crippen LogP contribution >= 0.6 is 11.6 Å². The van der Waals surface area contributed by atoms with Gasteiger partial charge >= 0.3 is 0 Å². The van der Waals surface area contributed by atoms with Crippen LogP contribution < -0.4 is 14.8 Å². The molecule has 7 heteroatoms. The first-order chi connectivity index (χ1) is 15.4. The maximum absolute atomic E-state index is 12.9. The Hall–Kier alpha value is -3.51. The molecule has 1 atom stereocenters. The molecule has 0 spiro atoms. The minimum absolute atomic E-state index is 0.101. The van der Waals surface area contributed by atoms with Crippen LogP contribution in [0.15, 0.2) is 66.7 Å². The first-order valence-corrected chi connectivity index (χ1v) is 10.6. The number of carbonyl (C=O) groups is 2. The molecule has 3 aromatic carbocycles. The minimum Gasteiger partial charge on any atom is -0.496 e. The second-order valence-corrected chi connectivity index (χ2v) is 7.99. The number of benzene rings is 3. The number of methoxy groups -OCH3 is 1. The molecule has 1 N–H and O–H groups in total. The smallest absolute Gasteiger partial charge is 0.263 e. The van der Waals surface area contributed by atoms with E-state index in [1.54, 1.807) is 54.3 Å². The van der Waals surface area contributed by atoms with E-state index in [0.29, 0.717) is 40.9 Å². The molecule has 1 unspecified atom stereocenters. The van der Waals surface area contributed by atoms with Crippen LogP contribution in [0.25, 0.3) is 0 Å². The number of ether oxygens (including phenoxy) is 2. The lowest BCUT2D eigenvalue weighted by molar-refractivity contribution is -0.138. The second kappa shape index (κ2) is 9.32. The van der Waals surface area contributed by atoms with Crippen LogP contribution in [0.5, 0.6) is 11.5 Å². The quantitative estimate of drug-likeness (QED) is 0.599. The number of para-hydroxylation sites is 1. The monoisotopic (exact) mass is 450 g/mol. The maximum Gasteiger partial charge on any atom is 0.263 e. The van der Waals surface area contributed by atoms with Gasteiger partial charge in [-0.25, -0.2) is 0 Å². The Morgan fingerprint density at radius 1 is 1.16 bits per heavy atom. The molecule has 0 saturated heterocycles. The fraction of sp³-hybridized carbons (Fsp3) is 0.200. The highest BCUT2D eigenvalue weighted by Crippen LogP contribution is 2.30. The predicted octanol–water partition coefficient (Wildman–Crippen LogP) is 4.91. The fourth-order valence-corrected chi connectivity index (χ4v) is 3.78. The summed E-state index contributed by atoms with van der Waals surface area (Å²) in [4.78, 5) is 27.4.